The van der Waals surface area contributed by atoms with Gasteiger partial charge in [0.25, 0.3) is 0 Å². The quantitative estimate of drug-likeness (QED) is 0.369. The van der Waals surface area contributed by atoms with Crippen LogP contribution in [0.1, 0.15) is 6.92 Å². The molecule has 0 saturated carbocycles. The predicted molar refractivity (Wildman–Crippen MR) is 71.5 cm³/mol. The Balaban J connectivity index is -0.000000845. The van der Waals surface area contributed by atoms with Crippen molar-refractivity contribution in [2.45, 2.75) is 6.92 Å². The average molecular weight is 295 g/mol. The van der Waals surface area contributed by atoms with Crippen molar-refractivity contribution in [1.82, 2.24) is 4.72 Å². The molecule has 0 heterocycles. The van der Waals surface area contributed by atoms with Gasteiger partial charge in [0.15, 0.2) is 0 Å². The van der Waals surface area contributed by atoms with Gasteiger partial charge < -0.3 is 15.2 Å². The normalized spacial score (nSPS) is 8.88. The molecule has 0 aliphatic carbocycles. The third-order valence-corrected chi connectivity index (χ3v) is 1.85. The van der Waals surface area contributed by atoms with E-state index >= 15 is 0 Å². The summed E-state index contributed by atoms with van der Waals surface area (Å²) in [5, 5.41) is 0. The molecular weight excluding hydrogens is 275 g/mol. The standard InChI is InChI=1S/C8H18N2O3S.2ClH/c1-2-14-10-7-8(11)13-6-5-12-4-3-9;;/h10H,2-7,9H2,1H3;2*1H. The summed E-state index contributed by atoms with van der Waals surface area (Å²) in [6.45, 7) is 3.92. The Hall–Kier alpha value is 0.280. The molecule has 0 fully saturated rings. The van der Waals surface area contributed by atoms with E-state index in [-0.39, 0.29) is 43.9 Å². The lowest BCUT2D eigenvalue weighted by molar-refractivity contribution is -0.143. The monoisotopic (exact) mass is 294 g/mol. The number of hydrogen-bond donors (Lipinski definition) is 2. The number of hydrogen-bond acceptors (Lipinski definition) is 6. The summed E-state index contributed by atoms with van der Waals surface area (Å²) in [5.74, 6) is 0.662. The molecular formula is C8H20Cl2N2O3S. The molecule has 0 atom stereocenters. The third-order valence-electron chi connectivity index (χ3n) is 1.22. The molecule has 100 valence electrons. The molecule has 16 heavy (non-hydrogen) atoms. The van der Waals surface area contributed by atoms with Crippen molar-refractivity contribution in [3.8, 4) is 0 Å². The van der Waals surface area contributed by atoms with Crippen LogP contribution in [0.25, 0.3) is 0 Å². The number of rotatable bonds is 9. The summed E-state index contributed by atoms with van der Waals surface area (Å²) in [5.41, 5.74) is 5.21. The number of esters is 1. The molecule has 0 amide bonds. The van der Waals surface area contributed by atoms with E-state index in [4.69, 9.17) is 15.2 Å². The highest BCUT2D eigenvalue weighted by atomic mass is 35.5. The zero-order valence-corrected chi connectivity index (χ0v) is 11.7. The number of carbonyl (C=O) groups excluding carboxylic acids is 1. The average Bonchev–Trinajstić information content (AvgIpc) is 2.18. The smallest absolute Gasteiger partial charge is 0.320 e. The van der Waals surface area contributed by atoms with Crippen LogP contribution in [0.4, 0.5) is 0 Å². The topological polar surface area (TPSA) is 73.6 Å². The van der Waals surface area contributed by atoms with Crippen molar-refractivity contribution in [1.29, 1.82) is 0 Å². The summed E-state index contributed by atoms with van der Waals surface area (Å²) in [4.78, 5) is 11.0. The number of halogens is 2. The number of nitrogens with two attached hydrogens (primary N) is 1. The number of carbonyl (C=O) groups is 1. The Morgan fingerprint density at radius 1 is 1.31 bits per heavy atom. The van der Waals surface area contributed by atoms with Crippen LogP contribution < -0.4 is 10.5 Å². The molecule has 0 aromatic carbocycles. The van der Waals surface area contributed by atoms with E-state index in [0.29, 0.717) is 19.8 Å². The lowest BCUT2D eigenvalue weighted by atomic mass is 10.6. The van der Waals surface area contributed by atoms with Crippen LogP contribution >= 0.6 is 36.8 Å². The summed E-state index contributed by atoms with van der Waals surface area (Å²) in [7, 11) is 0. The molecule has 8 heteroatoms. The molecule has 0 saturated heterocycles. The van der Waals surface area contributed by atoms with Crippen LogP contribution in [0.5, 0.6) is 0 Å². The Kier molecular flexibility index (Phi) is 23.8. The first kappa shape index (κ1) is 21.6. The molecule has 0 radical (unpaired) electrons. The fourth-order valence-corrected chi connectivity index (χ4v) is 1.09. The zero-order chi connectivity index (χ0) is 10.6. The molecule has 0 spiro atoms. The molecule has 0 aliphatic rings. The van der Waals surface area contributed by atoms with Crippen molar-refractivity contribution < 1.29 is 14.3 Å². The van der Waals surface area contributed by atoms with E-state index in [1.165, 1.54) is 11.9 Å². The van der Waals surface area contributed by atoms with Gasteiger partial charge in [-0.05, 0) is 0 Å². The van der Waals surface area contributed by atoms with Gasteiger partial charge in [-0.15, -0.1) is 24.8 Å². The zero-order valence-electron chi connectivity index (χ0n) is 9.27. The Labute approximate surface area is 113 Å². The van der Waals surface area contributed by atoms with Gasteiger partial charge in [-0.25, -0.2) is 0 Å². The van der Waals surface area contributed by atoms with E-state index in [9.17, 15) is 4.79 Å². The maximum Gasteiger partial charge on any atom is 0.320 e. The van der Waals surface area contributed by atoms with Crippen molar-refractivity contribution in [3.63, 3.8) is 0 Å². The predicted octanol–water partition coefficient (Wildman–Crippen LogP) is 0.606. The van der Waals surface area contributed by atoms with Crippen molar-refractivity contribution >= 4 is 42.7 Å². The molecule has 0 bridgehead atoms. The van der Waals surface area contributed by atoms with Gasteiger partial charge >= 0.3 is 5.97 Å². The third kappa shape index (κ3) is 16.7. The molecule has 0 aromatic rings. The Bertz CT molecular complexity index is 155. The first-order chi connectivity index (χ1) is 6.81. The maximum absolute atomic E-state index is 11.0. The van der Waals surface area contributed by atoms with E-state index in [2.05, 4.69) is 4.72 Å². The fourth-order valence-electron chi connectivity index (χ4n) is 0.663. The van der Waals surface area contributed by atoms with Gasteiger partial charge in [-0.1, -0.05) is 18.9 Å². The fraction of sp³-hybridized carbons (Fsp3) is 0.875. The van der Waals surface area contributed by atoms with E-state index in [1.54, 1.807) is 0 Å². The highest BCUT2D eigenvalue weighted by molar-refractivity contribution is 7.97. The Morgan fingerprint density at radius 3 is 2.56 bits per heavy atom. The molecule has 0 aromatic heterocycles. The molecule has 3 N–H and O–H groups in total. The number of nitrogens with one attached hydrogen (secondary N) is 1. The van der Waals surface area contributed by atoms with Gasteiger partial charge in [0.2, 0.25) is 0 Å². The minimum absolute atomic E-state index is 0. The van der Waals surface area contributed by atoms with Crippen LogP contribution in [0.15, 0.2) is 0 Å². The highest BCUT2D eigenvalue weighted by Crippen LogP contribution is 1.89. The molecule has 0 unspecified atom stereocenters. The highest BCUT2D eigenvalue weighted by Gasteiger charge is 2.00. The second kappa shape index (κ2) is 17.7. The van der Waals surface area contributed by atoms with Gasteiger partial charge in [0.1, 0.15) is 13.2 Å². The Morgan fingerprint density at radius 2 is 2.00 bits per heavy atom. The van der Waals surface area contributed by atoms with Crippen LogP contribution in [0.2, 0.25) is 0 Å². The van der Waals surface area contributed by atoms with Crippen LogP contribution in [-0.4, -0.2) is 44.6 Å². The SMILES string of the molecule is CCSNCC(=O)OCCOCCN.Cl.Cl. The summed E-state index contributed by atoms with van der Waals surface area (Å²) in [6, 6.07) is 0. The van der Waals surface area contributed by atoms with Crippen LogP contribution in [-0.2, 0) is 14.3 Å². The summed E-state index contributed by atoms with van der Waals surface area (Å²) >= 11 is 1.49. The minimum atomic E-state index is -0.262. The molecule has 0 rings (SSSR count). The molecule has 5 nitrogen and oxygen atoms in total. The van der Waals surface area contributed by atoms with Crippen LogP contribution in [0.3, 0.4) is 0 Å². The van der Waals surface area contributed by atoms with Crippen molar-refractivity contribution in [2.24, 2.45) is 5.73 Å². The number of ether oxygens (including phenoxy) is 2. The largest absolute Gasteiger partial charge is 0.462 e. The maximum atomic E-state index is 11.0. The van der Waals surface area contributed by atoms with Gasteiger partial charge in [-0.3, -0.25) is 9.52 Å². The van der Waals surface area contributed by atoms with Crippen molar-refractivity contribution in [2.75, 3.05) is 38.7 Å². The second-order valence-corrected chi connectivity index (χ2v) is 3.53. The van der Waals surface area contributed by atoms with E-state index < -0.39 is 0 Å². The van der Waals surface area contributed by atoms with Gasteiger partial charge in [0, 0.05) is 12.3 Å². The first-order valence-corrected chi connectivity index (χ1v) is 5.58. The van der Waals surface area contributed by atoms with Crippen molar-refractivity contribution in [3.05, 3.63) is 0 Å². The van der Waals surface area contributed by atoms with Gasteiger partial charge in [0.05, 0.1) is 13.2 Å². The van der Waals surface area contributed by atoms with E-state index in [1.807, 2.05) is 6.92 Å². The van der Waals surface area contributed by atoms with E-state index in [0.717, 1.165) is 5.75 Å². The summed E-state index contributed by atoms with van der Waals surface area (Å²) < 4.78 is 12.8. The van der Waals surface area contributed by atoms with Gasteiger partial charge in [-0.2, -0.15) is 0 Å². The summed E-state index contributed by atoms with van der Waals surface area (Å²) in [6.07, 6.45) is 0. The minimum Gasteiger partial charge on any atom is -0.462 e. The molecule has 0 aliphatic heterocycles. The lowest BCUT2D eigenvalue weighted by Gasteiger charge is -2.05. The lowest BCUT2D eigenvalue weighted by Crippen LogP contribution is -2.22. The second-order valence-electron chi connectivity index (χ2n) is 2.38. The van der Waals surface area contributed by atoms with Crippen LogP contribution in [0, 0.1) is 0 Å². The first-order valence-electron chi connectivity index (χ1n) is 4.59.